The molecule has 2 heterocycles. The molecule has 1 saturated heterocycles. The van der Waals surface area contributed by atoms with E-state index in [2.05, 4.69) is 17.3 Å². The maximum atomic E-state index is 13.4. The van der Waals surface area contributed by atoms with Crippen LogP contribution in [0.5, 0.6) is 0 Å². The Labute approximate surface area is 171 Å². The molecule has 0 aliphatic carbocycles. The second kappa shape index (κ2) is 9.01. The van der Waals surface area contributed by atoms with Crippen molar-refractivity contribution in [3.63, 3.8) is 0 Å². The summed E-state index contributed by atoms with van der Waals surface area (Å²) in [4.78, 5) is 20.1. The van der Waals surface area contributed by atoms with Gasteiger partial charge in [0.2, 0.25) is 5.82 Å². The zero-order chi connectivity index (χ0) is 20.1. The molecule has 1 aromatic heterocycles. The molecule has 1 aliphatic rings. The Kier molecular flexibility index (Phi) is 6.00. The number of amides is 1. The van der Waals surface area contributed by atoms with Gasteiger partial charge in [-0.1, -0.05) is 55.5 Å². The summed E-state index contributed by atoms with van der Waals surface area (Å²) in [6, 6.07) is 20.0. The highest BCUT2D eigenvalue weighted by atomic mass is 16.2. The van der Waals surface area contributed by atoms with E-state index >= 15 is 0 Å². The molecule has 6 heteroatoms. The Bertz CT molecular complexity index is 875. The van der Waals surface area contributed by atoms with E-state index in [9.17, 15) is 4.79 Å². The molecule has 0 saturated carbocycles. The number of carbonyl (C=O) groups excluding carboxylic acids is 1. The molecular formula is C23H27N5O. The molecule has 150 valence electrons. The number of carbonyl (C=O) groups is 1. The first-order valence-corrected chi connectivity index (χ1v) is 10.4. The number of nitrogens with one attached hydrogen (secondary N) is 1. The van der Waals surface area contributed by atoms with Crippen molar-refractivity contribution in [1.82, 2.24) is 25.0 Å². The van der Waals surface area contributed by atoms with Crippen molar-refractivity contribution < 1.29 is 4.79 Å². The van der Waals surface area contributed by atoms with Crippen molar-refractivity contribution in [2.24, 2.45) is 0 Å². The molecule has 0 radical (unpaired) electrons. The summed E-state index contributed by atoms with van der Waals surface area (Å²) in [5.74, 6) is 0.868. The van der Waals surface area contributed by atoms with Crippen molar-refractivity contribution in [3.05, 3.63) is 66.5 Å². The predicted octanol–water partition coefficient (Wildman–Crippen LogP) is 3.54. The summed E-state index contributed by atoms with van der Waals surface area (Å²) < 4.78 is 1.77. The van der Waals surface area contributed by atoms with Crippen molar-refractivity contribution in [2.45, 2.75) is 32.2 Å². The van der Waals surface area contributed by atoms with Crippen LogP contribution < -0.4 is 5.32 Å². The normalized spacial score (nSPS) is 14.7. The second-order valence-electron chi connectivity index (χ2n) is 7.35. The summed E-state index contributed by atoms with van der Waals surface area (Å²) in [6.07, 6.45) is 2.86. The third kappa shape index (κ3) is 4.22. The molecule has 2 aromatic carbocycles. The van der Waals surface area contributed by atoms with E-state index < -0.39 is 0 Å². The van der Waals surface area contributed by atoms with E-state index in [0.29, 0.717) is 5.82 Å². The number of aromatic nitrogens is 3. The van der Waals surface area contributed by atoms with Gasteiger partial charge in [-0.2, -0.15) is 0 Å². The van der Waals surface area contributed by atoms with E-state index in [4.69, 9.17) is 4.98 Å². The topological polar surface area (TPSA) is 63.1 Å². The van der Waals surface area contributed by atoms with Crippen LogP contribution in [0.3, 0.4) is 0 Å². The molecule has 1 fully saturated rings. The molecule has 3 aromatic rings. The average molecular weight is 390 g/mol. The van der Waals surface area contributed by atoms with E-state index in [1.54, 1.807) is 4.68 Å². The number of para-hydroxylation sites is 1. The van der Waals surface area contributed by atoms with Crippen LogP contribution in [0.25, 0.3) is 17.1 Å². The van der Waals surface area contributed by atoms with Gasteiger partial charge >= 0.3 is 0 Å². The highest BCUT2D eigenvalue weighted by molar-refractivity contribution is 5.91. The number of rotatable bonds is 6. The smallest absolute Gasteiger partial charge is 0.293 e. The first-order chi connectivity index (χ1) is 14.3. The molecular weight excluding hydrogens is 362 g/mol. The van der Waals surface area contributed by atoms with Gasteiger partial charge in [0.05, 0.1) is 5.69 Å². The van der Waals surface area contributed by atoms with E-state index in [-0.39, 0.29) is 17.8 Å². The van der Waals surface area contributed by atoms with Crippen molar-refractivity contribution in [2.75, 3.05) is 19.6 Å². The fraction of sp³-hybridized carbons (Fsp3) is 0.348. The third-order valence-corrected chi connectivity index (χ3v) is 5.31. The SMILES string of the molecule is CCCN(C(=O)c1nc(-c2ccccc2)n(-c2ccccc2)n1)C1CCNCC1. The van der Waals surface area contributed by atoms with Crippen LogP contribution in [-0.4, -0.2) is 51.2 Å². The highest BCUT2D eigenvalue weighted by Gasteiger charge is 2.29. The Balaban J connectivity index is 1.73. The lowest BCUT2D eigenvalue weighted by Crippen LogP contribution is -2.46. The monoisotopic (exact) mass is 389 g/mol. The molecule has 6 nitrogen and oxygen atoms in total. The standard InChI is InChI=1S/C23H27N5O/c1-2-17-27(19-13-15-24-16-14-19)23(29)21-25-22(18-9-5-3-6-10-18)28(26-21)20-11-7-4-8-12-20/h3-12,19,24H,2,13-17H2,1H3. The minimum Gasteiger partial charge on any atom is -0.333 e. The lowest BCUT2D eigenvalue weighted by molar-refractivity contribution is 0.0630. The van der Waals surface area contributed by atoms with Gasteiger partial charge < -0.3 is 10.2 Å². The second-order valence-corrected chi connectivity index (χ2v) is 7.35. The lowest BCUT2D eigenvalue weighted by atomic mass is 10.0. The molecule has 0 unspecified atom stereocenters. The minimum atomic E-state index is -0.0781. The molecule has 1 N–H and O–H groups in total. The van der Waals surface area contributed by atoms with E-state index in [1.165, 1.54) is 0 Å². The van der Waals surface area contributed by atoms with Crippen LogP contribution >= 0.6 is 0 Å². The van der Waals surface area contributed by atoms with Crippen LogP contribution in [0, 0.1) is 0 Å². The Morgan fingerprint density at radius 2 is 1.72 bits per heavy atom. The fourth-order valence-electron chi connectivity index (χ4n) is 3.86. The van der Waals surface area contributed by atoms with Gasteiger partial charge in [0.15, 0.2) is 5.82 Å². The van der Waals surface area contributed by atoms with Crippen LogP contribution in [-0.2, 0) is 0 Å². The van der Waals surface area contributed by atoms with Crippen molar-refractivity contribution >= 4 is 5.91 Å². The summed E-state index contributed by atoms with van der Waals surface area (Å²) in [5, 5.41) is 8.03. The zero-order valence-corrected chi connectivity index (χ0v) is 16.8. The number of nitrogens with zero attached hydrogens (tertiary/aromatic N) is 4. The van der Waals surface area contributed by atoms with Gasteiger partial charge in [0.1, 0.15) is 0 Å². The van der Waals surface area contributed by atoms with Crippen molar-refractivity contribution in [1.29, 1.82) is 0 Å². The first-order valence-electron chi connectivity index (χ1n) is 10.4. The average Bonchev–Trinajstić information content (AvgIpc) is 3.24. The molecule has 4 rings (SSSR count). The van der Waals surface area contributed by atoms with E-state index in [1.807, 2.05) is 65.6 Å². The fourth-order valence-corrected chi connectivity index (χ4v) is 3.86. The quantitative estimate of drug-likeness (QED) is 0.700. The Morgan fingerprint density at radius 1 is 1.07 bits per heavy atom. The predicted molar refractivity (Wildman–Crippen MR) is 114 cm³/mol. The van der Waals surface area contributed by atoms with Crippen LogP contribution in [0.2, 0.25) is 0 Å². The molecule has 0 bridgehead atoms. The van der Waals surface area contributed by atoms with E-state index in [0.717, 1.165) is 50.1 Å². The number of hydrogen-bond donors (Lipinski definition) is 1. The van der Waals surface area contributed by atoms with Crippen LogP contribution in [0.15, 0.2) is 60.7 Å². The van der Waals surface area contributed by atoms with Gasteiger partial charge in [-0.3, -0.25) is 4.79 Å². The lowest BCUT2D eigenvalue weighted by Gasteiger charge is -2.33. The molecule has 1 amide bonds. The van der Waals surface area contributed by atoms with Gasteiger partial charge in [-0.05, 0) is 44.5 Å². The largest absolute Gasteiger partial charge is 0.333 e. The zero-order valence-electron chi connectivity index (χ0n) is 16.8. The van der Waals surface area contributed by atoms with Crippen LogP contribution in [0.4, 0.5) is 0 Å². The van der Waals surface area contributed by atoms with Gasteiger partial charge in [0.25, 0.3) is 5.91 Å². The third-order valence-electron chi connectivity index (χ3n) is 5.31. The number of benzene rings is 2. The Morgan fingerprint density at radius 3 is 2.38 bits per heavy atom. The van der Waals surface area contributed by atoms with Gasteiger partial charge in [-0.25, -0.2) is 9.67 Å². The molecule has 1 aliphatic heterocycles. The highest BCUT2D eigenvalue weighted by Crippen LogP contribution is 2.22. The molecule has 0 spiro atoms. The minimum absolute atomic E-state index is 0.0781. The maximum absolute atomic E-state index is 13.4. The molecule has 29 heavy (non-hydrogen) atoms. The summed E-state index contributed by atoms with van der Waals surface area (Å²) in [5.41, 5.74) is 1.83. The summed E-state index contributed by atoms with van der Waals surface area (Å²) >= 11 is 0. The first kappa shape index (κ1) is 19.3. The van der Waals surface area contributed by atoms with Gasteiger partial charge in [-0.15, -0.1) is 5.10 Å². The number of piperidine rings is 1. The number of hydrogen-bond acceptors (Lipinski definition) is 4. The van der Waals surface area contributed by atoms with Crippen LogP contribution in [0.1, 0.15) is 36.8 Å². The molecule has 0 atom stereocenters. The van der Waals surface area contributed by atoms with Gasteiger partial charge in [0, 0.05) is 18.2 Å². The summed E-state index contributed by atoms with van der Waals surface area (Å²) in [7, 11) is 0. The Hall–Kier alpha value is -2.99. The summed E-state index contributed by atoms with van der Waals surface area (Å²) in [6.45, 7) is 4.72. The maximum Gasteiger partial charge on any atom is 0.293 e. The van der Waals surface area contributed by atoms with Crippen molar-refractivity contribution in [3.8, 4) is 17.1 Å².